The quantitative estimate of drug-likeness (QED) is 0.744. The Morgan fingerprint density at radius 2 is 2.26 bits per heavy atom. The molecule has 0 atom stereocenters. The van der Waals surface area contributed by atoms with Crippen molar-refractivity contribution in [3.05, 3.63) is 40.8 Å². The van der Waals surface area contributed by atoms with Gasteiger partial charge in [-0.2, -0.15) is 31.4 Å². The average Bonchev–Trinajstić information content (AvgIpc) is 3.09. The summed E-state index contributed by atoms with van der Waals surface area (Å²) in [7, 11) is 0. The van der Waals surface area contributed by atoms with E-state index in [2.05, 4.69) is 30.7 Å². The molecule has 3 aromatic heterocycles. The standard InChI is InChI=1S/C11H11N7S/c12-9-15-10(13-6-8-2-5-19-7-8)17-11(16-9)18-4-1-3-14-18/h1-5,7H,6H2,(H3,12,13,15,16,17). The maximum atomic E-state index is 5.67. The number of aromatic nitrogens is 5. The molecule has 0 aliphatic heterocycles. The molecule has 0 spiro atoms. The molecule has 96 valence electrons. The first-order chi connectivity index (χ1) is 9.31. The summed E-state index contributed by atoms with van der Waals surface area (Å²) >= 11 is 1.65. The summed E-state index contributed by atoms with van der Waals surface area (Å²) < 4.78 is 1.54. The van der Waals surface area contributed by atoms with E-state index in [9.17, 15) is 0 Å². The van der Waals surface area contributed by atoms with Gasteiger partial charge in [0.25, 0.3) is 5.95 Å². The van der Waals surface area contributed by atoms with E-state index in [4.69, 9.17) is 5.73 Å². The number of nitrogens with one attached hydrogen (secondary N) is 1. The smallest absolute Gasteiger partial charge is 0.257 e. The minimum Gasteiger partial charge on any atom is -0.368 e. The van der Waals surface area contributed by atoms with Gasteiger partial charge in [-0.25, -0.2) is 4.68 Å². The van der Waals surface area contributed by atoms with Crippen molar-refractivity contribution in [2.24, 2.45) is 0 Å². The second-order valence-corrected chi connectivity index (χ2v) is 4.53. The molecule has 0 aliphatic carbocycles. The van der Waals surface area contributed by atoms with Crippen LogP contribution in [0.5, 0.6) is 0 Å². The van der Waals surface area contributed by atoms with E-state index >= 15 is 0 Å². The highest BCUT2D eigenvalue weighted by Gasteiger charge is 2.06. The molecular formula is C11H11N7S. The van der Waals surface area contributed by atoms with Crippen LogP contribution in [0.1, 0.15) is 5.56 Å². The van der Waals surface area contributed by atoms with E-state index in [-0.39, 0.29) is 5.95 Å². The van der Waals surface area contributed by atoms with Gasteiger partial charge in [0, 0.05) is 18.9 Å². The molecule has 3 rings (SSSR count). The predicted octanol–water partition coefficient (Wildman–Crippen LogP) is 1.31. The van der Waals surface area contributed by atoms with E-state index in [0.717, 1.165) is 0 Å². The highest BCUT2D eigenvalue weighted by atomic mass is 32.1. The zero-order valence-electron chi connectivity index (χ0n) is 9.89. The summed E-state index contributed by atoms with van der Waals surface area (Å²) in [6.45, 7) is 0.644. The van der Waals surface area contributed by atoms with Crippen molar-refractivity contribution < 1.29 is 0 Å². The first-order valence-corrected chi connectivity index (χ1v) is 6.52. The van der Waals surface area contributed by atoms with Crippen LogP contribution in [0.15, 0.2) is 35.3 Å². The summed E-state index contributed by atoms with van der Waals surface area (Å²) in [4.78, 5) is 12.4. The molecule has 3 aromatic rings. The molecule has 3 heterocycles. The summed E-state index contributed by atoms with van der Waals surface area (Å²) in [5.74, 6) is 0.989. The van der Waals surface area contributed by atoms with Crippen molar-refractivity contribution in [2.45, 2.75) is 6.54 Å². The third-order valence-electron chi connectivity index (χ3n) is 2.38. The fraction of sp³-hybridized carbons (Fsp3) is 0.0909. The zero-order valence-corrected chi connectivity index (χ0v) is 10.7. The molecule has 0 aliphatic rings. The molecule has 0 bridgehead atoms. The Labute approximate surface area is 113 Å². The molecule has 7 nitrogen and oxygen atoms in total. The Kier molecular flexibility index (Phi) is 3.07. The summed E-state index contributed by atoms with van der Waals surface area (Å²) in [5, 5.41) is 11.3. The molecule has 0 unspecified atom stereocenters. The van der Waals surface area contributed by atoms with Crippen LogP contribution < -0.4 is 11.1 Å². The highest BCUT2D eigenvalue weighted by Crippen LogP contribution is 2.10. The molecule has 0 saturated heterocycles. The van der Waals surface area contributed by atoms with Crippen LogP contribution in [0.25, 0.3) is 5.95 Å². The van der Waals surface area contributed by atoms with Crippen LogP contribution in [-0.4, -0.2) is 24.7 Å². The SMILES string of the molecule is Nc1nc(NCc2ccsc2)nc(-n2cccn2)n1. The largest absolute Gasteiger partial charge is 0.368 e. The van der Waals surface area contributed by atoms with Gasteiger partial charge in [0.2, 0.25) is 11.9 Å². The Hall–Kier alpha value is -2.48. The number of nitrogens with two attached hydrogens (primary N) is 1. The van der Waals surface area contributed by atoms with Crippen LogP contribution in [-0.2, 0) is 6.54 Å². The number of rotatable bonds is 4. The molecule has 19 heavy (non-hydrogen) atoms. The van der Waals surface area contributed by atoms with E-state index < -0.39 is 0 Å². The highest BCUT2D eigenvalue weighted by molar-refractivity contribution is 7.07. The normalized spacial score (nSPS) is 10.5. The maximum absolute atomic E-state index is 5.67. The first-order valence-electron chi connectivity index (χ1n) is 5.58. The fourth-order valence-electron chi connectivity index (χ4n) is 1.52. The number of anilines is 2. The topological polar surface area (TPSA) is 94.5 Å². The van der Waals surface area contributed by atoms with Gasteiger partial charge in [0.05, 0.1) is 0 Å². The van der Waals surface area contributed by atoms with E-state index in [0.29, 0.717) is 18.4 Å². The number of hydrogen-bond donors (Lipinski definition) is 2. The fourth-order valence-corrected chi connectivity index (χ4v) is 2.19. The number of nitrogens with zero attached hydrogens (tertiary/aromatic N) is 5. The van der Waals surface area contributed by atoms with Crippen LogP contribution in [0, 0.1) is 0 Å². The molecule has 0 radical (unpaired) electrons. The number of nitrogen functional groups attached to an aromatic ring is 1. The zero-order chi connectivity index (χ0) is 13.1. The Morgan fingerprint density at radius 3 is 3.00 bits per heavy atom. The second-order valence-electron chi connectivity index (χ2n) is 3.75. The van der Waals surface area contributed by atoms with Crippen LogP contribution in [0.4, 0.5) is 11.9 Å². The van der Waals surface area contributed by atoms with Gasteiger partial charge in [-0.3, -0.25) is 0 Å². The monoisotopic (exact) mass is 273 g/mol. The van der Waals surface area contributed by atoms with Crippen molar-refractivity contribution in [3.63, 3.8) is 0 Å². The van der Waals surface area contributed by atoms with Crippen molar-refractivity contribution >= 4 is 23.2 Å². The lowest BCUT2D eigenvalue weighted by molar-refractivity contribution is 0.798. The summed E-state index contributed by atoms with van der Waals surface area (Å²) in [6.07, 6.45) is 3.40. The van der Waals surface area contributed by atoms with E-state index in [1.165, 1.54) is 10.2 Å². The average molecular weight is 273 g/mol. The van der Waals surface area contributed by atoms with Crippen LogP contribution in [0.3, 0.4) is 0 Å². The molecule has 3 N–H and O–H groups in total. The van der Waals surface area contributed by atoms with E-state index in [1.54, 1.807) is 29.8 Å². The maximum Gasteiger partial charge on any atom is 0.257 e. The second kappa shape index (κ2) is 5.02. The van der Waals surface area contributed by atoms with Gasteiger partial charge in [-0.05, 0) is 28.5 Å². The third-order valence-corrected chi connectivity index (χ3v) is 3.11. The first kappa shape index (κ1) is 11.6. The minimum absolute atomic E-state index is 0.160. The van der Waals surface area contributed by atoms with Gasteiger partial charge in [-0.1, -0.05) is 0 Å². The molecule has 8 heteroatoms. The van der Waals surface area contributed by atoms with Crippen molar-refractivity contribution in [1.82, 2.24) is 24.7 Å². The van der Waals surface area contributed by atoms with Gasteiger partial charge in [0.15, 0.2) is 0 Å². The van der Waals surface area contributed by atoms with Gasteiger partial charge >= 0.3 is 0 Å². The molecule has 0 amide bonds. The third kappa shape index (κ3) is 2.68. The molecule has 0 fully saturated rings. The molecular weight excluding hydrogens is 262 g/mol. The van der Waals surface area contributed by atoms with Gasteiger partial charge in [-0.15, -0.1) is 0 Å². The van der Waals surface area contributed by atoms with Crippen molar-refractivity contribution in [1.29, 1.82) is 0 Å². The van der Waals surface area contributed by atoms with E-state index in [1.807, 2.05) is 11.4 Å². The lowest BCUT2D eigenvalue weighted by Gasteiger charge is -2.06. The summed E-state index contributed by atoms with van der Waals surface area (Å²) in [6, 6.07) is 3.83. The predicted molar refractivity (Wildman–Crippen MR) is 73.0 cm³/mol. The van der Waals surface area contributed by atoms with Crippen LogP contribution in [0.2, 0.25) is 0 Å². The molecule has 0 saturated carbocycles. The number of hydrogen-bond acceptors (Lipinski definition) is 7. The van der Waals surface area contributed by atoms with Crippen molar-refractivity contribution in [3.8, 4) is 5.95 Å². The minimum atomic E-state index is 0.160. The lowest BCUT2D eigenvalue weighted by Crippen LogP contribution is -2.11. The Morgan fingerprint density at radius 1 is 1.32 bits per heavy atom. The van der Waals surface area contributed by atoms with Gasteiger partial charge in [0.1, 0.15) is 0 Å². The Balaban J connectivity index is 1.82. The van der Waals surface area contributed by atoms with Crippen molar-refractivity contribution in [2.75, 3.05) is 11.1 Å². The number of thiophene rings is 1. The lowest BCUT2D eigenvalue weighted by atomic mass is 10.3. The Bertz CT molecular complexity index is 648. The van der Waals surface area contributed by atoms with Crippen LogP contribution >= 0.6 is 11.3 Å². The summed E-state index contributed by atoms with van der Waals surface area (Å²) in [5.41, 5.74) is 6.84. The molecule has 0 aromatic carbocycles. The van der Waals surface area contributed by atoms with Gasteiger partial charge < -0.3 is 11.1 Å².